The average Bonchev–Trinajstić information content (AvgIpc) is 1.69. The zero-order chi connectivity index (χ0) is 5.54. The summed E-state index contributed by atoms with van der Waals surface area (Å²) in [6, 6.07) is 0. The lowest BCUT2D eigenvalue weighted by atomic mass is 10.9. The molecule has 0 saturated heterocycles. The highest BCUT2D eigenvalue weighted by atomic mass is 32.2. The first-order valence-corrected chi connectivity index (χ1v) is 2.33. The molecule has 0 radical (unpaired) electrons. The monoisotopic (exact) mass is 125 g/mol. The smallest absolute Gasteiger partial charge is 0.0826 e. The molecule has 0 unspecified atom stereocenters. The van der Waals surface area contributed by atoms with Crippen LogP contribution in [-0.4, -0.2) is 11.2 Å². The summed E-state index contributed by atoms with van der Waals surface area (Å²) in [5.41, 5.74) is 0. The Balaban J connectivity index is 2.45. The molecule has 0 N–H and O–H groups in total. The van der Waals surface area contributed by atoms with Crippen LogP contribution in [0.1, 0.15) is 6.92 Å². The van der Waals surface area contributed by atoms with E-state index in [1.807, 2.05) is 0 Å². The molecule has 44 valence electrons. The van der Waals surface area contributed by atoms with Crippen LogP contribution in [0.4, 0.5) is 0 Å². The minimum atomic E-state index is -0.156. The van der Waals surface area contributed by atoms with Gasteiger partial charge in [-0.15, -0.1) is 4.33 Å². The Morgan fingerprint density at radius 1 is 1.71 bits per heavy atom. The second kappa shape index (κ2) is 6.19. The summed E-state index contributed by atoms with van der Waals surface area (Å²) in [5.74, 6) is 0. The number of rotatable bonds is 4. The van der Waals surface area contributed by atoms with Gasteiger partial charge >= 0.3 is 0 Å². The molecular weight excluding hydrogens is 120 g/mol. The summed E-state index contributed by atoms with van der Waals surface area (Å²) in [7, 11) is 0. The predicted octanol–water partition coefficient (Wildman–Crippen LogP) is 0.665. The van der Waals surface area contributed by atoms with Crippen LogP contribution < -0.4 is 0 Å². The van der Waals surface area contributed by atoms with Crippen molar-refractivity contribution in [2.24, 2.45) is 0 Å². The van der Waals surface area contributed by atoms with Crippen LogP contribution in [0.3, 0.4) is 0 Å². The lowest BCUT2D eigenvalue weighted by molar-refractivity contribution is -0.460. The van der Waals surface area contributed by atoms with Crippen molar-refractivity contribution in [2.75, 3.05) is 6.61 Å². The molecule has 0 aliphatic rings. The van der Waals surface area contributed by atoms with E-state index in [9.17, 15) is 4.55 Å². The van der Waals surface area contributed by atoms with E-state index in [-0.39, 0.29) is 12.3 Å². The average molecular weight is 125 g/mol. The maximum atomic E-state index is 9.29. The molecular formula is C2H5O4S-. The third-order valence-corrected chi connectivity index (χ3v) is 0.333. The summed E-state index contributed by atoms with van der Waals surface area (Å²) in [4.78, 5) is 4.13. The molecule has 0 saturated carbocycles. The van der Waals surface area contributed by atoms with Gasteiger partial charge in [0.2, 0.25) is 0 Å². The van der Waals surface area contributed by atoms with E-state index in [1.54, 1.807) is 6.92 Å². The van der Waals surface area contributed by atoms with Gasteiger partial charge in [-0.3, -0.25) is 0 Å². The van der Waals surface area contributed by atoms with Crippen molar-refractivity contribution in [3.05, 3.63) is 0 Å². The Bertz CT molecular complexity index is 28.9. The summed E-state index contributed by atoms with van der Waals surface area (Å²) < 4.78 is 13.0. The van der Waals surface area contributed by atoms with Gasteiger partial charge in [-0.1, -0.05) is 17.4 Å². The van der Waals surface area contributed by atoms with E-state index in [1.165, 1.54) is 0 Å². The Morgan fingerprint density at radius 2 is 2.43 bits per heavy atom. The quantitative estimate of drug-likeness (QED) is 0.239. The highest BCUT2D eigenvalue weighted by Gasteiger charge is 1.75. The molecule has 0 fully saturated rings. The fraction of sp³-hybridized carbons (Fsp3) is 1.00. The molecule has 0 aromatic heterocycles. The van der Waals surface area contributed by atoms with Gasteiger partial charge < -0.3 is 4.55 Å². The zero-order valence-corrected chi connectivity index (χ0v) is 4.56. The Morgan fingerprint density at radius 3 is 2.86 bits per heavy atom. The molecule has 4 nitrogen and oxygen atoms in total. The van der Waals surface area contributed by atoms with Crippen LogP contribution in [0, 0.1) is 0 Å². The largest absolute Gasteiger partial charge is 0.774 e. The number of hydrogen-bond acceptors (Lipinski definition) is 5. The molecule has 5 heteroatoms. The Labute approximate surface area is 45.6 Å². The molecule has 0 aliphatic carbocycles. The van der Waals surface area contributed by atoms with Gasteiger partial charge in [0.05, 0.1) is 6.61 Å². The van der Waals surface area contributed by atoms with Gasteiger partial charge in [0.15, 0.2) is 0 Å². The van der Waals surface area contributed by atoms with E-state index >= 15 is 0 Å². The molecule has 0 spiro atoms. The van der Waals surface area contributed by atoms with Gasteiger partial charge in [0, 0.05) is 0 Å². The maximum Gasteiger partial charge on any atom is 0.0826 e. The van der Waals surface area contributed by atoms with Crippen molar-refractivity contribution in [1.29, 1.82) is 0 Å². The highest BCUT2D eigenvalue weighted by molar-refractivity contribution is 7.88. The van der Waals surface area contributed by atoms with Crippen LogP contribution >= 0.6 is 12.3 Å². The van der Waals surface area contributed by atoms with Crippen molar-refractivity contribution in [1.82, 2.24) is 0 Å². The molecule has 0 heterocycles. The number of hydrogen-bond donors (Lipinski definition) is 0. The fourth-order valence-electron chi connectivity index (χ4n) is 0.0791. The normalized spacial score (nSPS) is 9.43. The molecule has 0 aromatic rings. The summed E-state index contributed by atoms with van der Waals surface area (Å²) in [5, 5.41) is 3.78. The van der Waals surface area contributed by atoms with E-state index in [4.69, 9.17) is 0 Å². The molecule has 0 rings (SSSR count). The molecule has 0 atom stereocenters. The fourth-order valence-corrected chi connectivity index (χ4v) is 0.141. The van der Waals surface area contributed by atoms with Crippen molar-refractivity contribution in [2.45, 2.75) is 6.92 Å². The third-order valence-electron chi connectivity index (χ3n) is 0.222. The van der Waals surface area contributed by atoms with Crippen LogP contribution in [0.15, 0.2) is 0 Å². The molecule has 0 aromatic carbocycles. The molecule has 7 heavy (non-hydrogen) atoms. The maximum absolute atomic E-state index is 9.29. The Kier molecular flexibility index (Phi) is 6.36. The first-order chi connectivity index (χ1) is 3.41. The summed E-state index contributed by atoms with van der Waals surface area (Å²) >= 11 is -0.156. The standard InChI is InChI=1S/C2H6O4S/c1-2-4-5-6-7-3/h3H,2H2,1H3/p-1. The van der Waals surface area contributed by atoms with E-state index in [0.717, 1.165) is 0 Å². The molecule has 0 bridgehead atoms. The van der Waals surface area contributed by atoms with Crippen molar-refractivity contribution in [3.8, 4) is 0 Å². The second-order valence-corrected chi connectivity index (χ2v) is 0.883. The van der Waals surface area contributed by atoms with Crippen LogP contribution in [0.5, 0.6) is 0 Å². The minimum Gasteiger partial charge on any atom is -0.774 e. The Hall–Kier alpha value is 0.190. The first kappa shape index (κ1) is 7.19. The summed E-state index contributed by atoms with van der Waals surface area (Å²) in [6.07, 6.45) is 0. The predicted molar refractivity (Wildman–Crippen MR) is 22.2 cm³/mol. The van der Waals surface area contributed by atoms with Crippen LogP contribution in [0.2, 0.25) is 0 Å². The summed E-state index contributed by atoms with van der Waals surface area (Å²) in [6.45, 7) is 2.07. The highest BCUT2D eigenvalue weighted by Crippen LogP contribution is 1.93. The SMILES string of the molecule is CCOOOS[O-]. The lowest BCUT2D eigenvalue weighted by Crippen LogP contribution is -1.88. The topological polar surface area (TPSA) is 50.8 Å². The van der Waals surface area contributed by atoms with E-state index in [0.29, 0.717) is 6.61 Å². The van der Waals surface area contributed by atoms with E-state index < -0.39 is 0 Å². The molecule has 0 aliphatic heterocycles. The van der Waals surface area contributed by atoms with Crippen molar-refractivity contribution < 1.29 is 18.8 Å². The third kappa shape index (κ3) is 6.19. The van der Waals surface area contributed by atoms with Gasteiger partial charge in [-0.05, 0) is 6.92 Å². The van der Waals surface area contributed by atoms with Gasteiger partial charge in [0.25, 0.3) is 0 Å². The van der Waals surface area contributed by atoms with Gasteiger partial charge in [-0.2, -0.15) is 0 Å². The van der Waals surface area contributed by atoms with Crippen molar-refractivity contribution >= 4 is 12.3 Å². The zero-order valence-electron chi connectivity index (χ0n) is 3.75. The van der Waals surface area contributed by atoms with Gasteiger partial charge in [-0.25, -0.2) is 4.89 Å². The van der Waals surface area contributed by atoms with Crippen LogP contribution in [0.25, 0.3) is 0 Å². The minimum absolute atomic E-state index is 0.156. The van der Waals surface area contributed by atoms with Crippen molar-refractivity contribution in [3.63, 3.8) is 0 Å². The van der Waals surface area contributed by atoms with E-state index in [2.05, 4.69) is 14.3 Å². The lowest BCUT2D eigenvalue weighted by Gasteiger charge is -1.99. The van der Waals surface area contributed by atoms with Crippen LogP contribution in [-0.2, 0) is 14.3 Å². The first-order valence-electron chi connectivity index (χ1n) is 1.66. The second-order valence-electron chi connectivity index (χ2n) is 0.611. The molecule has 0 amide bonds. The van der Waals surface area contributed by atoms with Gasteiger partial charge in [0.1, 0.15) is 0 Å².